The molecule has 0 saturated carbocycles. The van der Waals surface area contributed by atoms with Gasteiger partial charge >= 0.3 is 0 Å². The lowest BCUT2D eigenvalue weighted by atomic mass is 9.94. The van der Waals surface area contributed by atoms with Gasteiger partial charge in [-0.1, -0.05) is 37.6 Å². The molecule has 0 bridgehead atoms. The topological polar surface area (TPSA) is 49.4 Å². The lowest BCUT2D eigenvalue weighted by molar-refractivity contribution is -0.132. The normalized spacial score (nSPS) is 16.9. The van der Waals surface area contributed by atoms with E-state index in [1.54, 1.807) is 6.08 Å². The van der Waals surface area contributed by atoms with Gasteiger partial charge in [-0.25, -0.2) is 0 Å². The Kier molecular flexibility index (Phi) is 7.01. The van der Waals surface area contributed by atoms with Gasteiger partial charge in [0, 0.05) is 31.1 Å². The molecule has 0 spiro atoms. The summed E-state index contributed by atoms with van der Waals surface area (Å²) in [5.74, 6) is 0.600. The molecule has 1 aliphatic rings. The van der Waals surface area contributed by atoms with Crippen molar-refractivity contribution >= 4 is 17.9 Å². The fraction of sp³-hybridized carbons (Fsp3) is 0.545. The summed E-state index contributed by atoms with van der Waals surface area (Å²) in [6.45, 7) is 11.7. The van der Waals surface area contributed by atoms with E-state index >= 15 is 0 Å². The molecular weight excluding hydrogens is 324 g/mol. The van der Waals surface area contributed by atoms with Gasteiger partial charge in [-0.3, -0.25) is 9.59 Å². The second-order valence-electron chi connectivity index (χ2n) is 7.83. The number of carbonyl (C=O) groups is 2. The molecule has 26 heavy (non-hydrogen) atoms. The molecule has 1 aliphatic heterocycles. The smallest absolute Gasteiger partial charge is 0.246 e. The van der Waals surface area contributed by atoms with E-state index in [9.17, 15) is 9.59 Å². The van der Waals surface area contributed by atoms with Gasteiger partial charge in [0.2, 0.25) is 11.8 Å². The third kappa shape index (κ3) is 5.45. The number of piperidine rings is 1. The quantitative estimate of drug-likeness (QED) is 0.818. The molecule has 2 amide bonds. The molecule has 1 saturated heterocycles. The van der Waals surface area contributed by atoms with E-state index in [1.807, 2.05) is 24.0 Å². The van der Waals surface area contributed by atoms with Crippen molar-refractivity contribution in [1.29, 1.82) is 0 Å². The minimum atomic E-state index is 0.0172. The molecule has 1 N–H and O–H groups in total. The zero-order valence-electron chi connectivity index (χ0n) is 16.7. The molecular formula is C22H32N2O2. The first-order valence-corrected chi connectivity index (χ1v) is 9.62. The van der Waals surface area contributed by atoms with Crippen LogP contribution < -0.4 is 5.32 Å². The molecule has 1 aromatic carbocycles. The van der Waals surface area contributed by atoms with Crippen molar-refractivity contribution in [2.45, 2.75) is 53.5 Å². The zero-order chi connectivity index (χ0) is 19.3. The van der Waals surface area contributed by atoms with Crippen LogP contribution in [0.2, 0.25) is 0 Å². The summed E-state index contributed by atoms with van der Waals surface area (Å²) in [7, 11) is 0. The van der Waals surface area contributed by atoms with Gasteiger partial charge in [-0.05, 0) is 56.7 Å². The Bertz CT molecular complexity index is 671. The minimum Gasteiger partial charge on any atom is -0.353 e. The zero-order valence-corrected chi connectivity index (χ0v) is 16.7. The summed E-state index contributed by atoms with van der Waals surface area (Å²) in [6.07, 6.45) is 5.01. The fourth-order valence-corrected chi connectivity index (χ4v) is 3.15. The molecule has 2 rings (SSSR count). The number of amides is 2. The maximum Gasteiger partial charge on any atom is 0.246 e. The molecule has 142 valence electrons. The lowest BCUT2D eigenvalue weighted by Crippen LogP contribution is -2.45. The summed E-state index contributed by atoms with van der Waals surface area (Å²) < 4.78 is 0. The molecule has 1 aromatic rings. The van der Waals surface area contributed by atoms with Crippen molar-refractivity contribution in [1.82, 2.24) is 10.2 Å². The van der Waals surface area contributed by atoms with E-state index in [4.69, 9.17) is 0 Å². The molecule has 4 nitrogen and oxygen atoms in total. The number of hydrogen-bond acceptors (Lipinski definition) is 2. The van der Waals surface area contributed by atoms with Crippen LogP contribution in [0.15, 0.2) is 24.3 Å². The van der Waals surface area contributed by atoms with Gasteiger partial charge in [0.15, 0.2) is 0 Å². The number of carbonyl (C=O) groups excluding carboxylic acids is 2. The van der Waals surface area contributed by atoms with Crippen molar-refractivity contribution in [3.8, 4) is 0 Å². The number of nitrogens with zero attached hydrogens (tertiary/aromatic N) is 1. The Labute approximate surface area is 157 Å². The van der Waals surface area contributed by atoms with Crippen LogP contribution in [-0.2, 0) is 9.59 Å². The third-order valence-electron chi connectivity index (χ3n) is 5.38. The first-order chi connectivity index (χ1) is 12.3. The van der Waals surface area contributed by atoms with Crippen LogP contribution in [-0.4, -0.2) is 35.8 Å². The standard InChI is InChI=1S/C22H32N2O2/c1-15(2)18(5)23-22(26)20-10-12-24(13-11-20)21(25)9-8-19-7-6-16(3)14-17(19)4/h6-9,14-15,18,20H,10-13H2,1-5H3,(H,23,26)/b9-8+. The maximum atomic E-state index is 12.4. The number of likely N-dealkylation sites (tertiary alicyclic amines) is 1. The van der Waals surface area contributed by atoms with Crippen LogP contribution in [0.1, 0.15) is 50.3 Å². The second kappa shape index (κ2) is 9.02. The molecule has 1 unspecified atom stereocenters. The summed E-state index contributed by atoms with van der Waals surface area (Å²) in [5, 5.41) is 3.09. The number of hydrogen-bond donors (Lipinski definition) is 1. The first-order valence-electron chi connectivity index (χ1n) is 9.62. The third-order valence-corrected chi connectivity index (χ3v) is 5.38. The van der Waals surface area contributed by atoms with E-state index in [2.05, 4.69) is 45.1 Å². The summed E-state index contributed by atoms with van der Waals surface area (Å²) >= 11 is 0. The van der Waals surface area contributed by atoms with Gasteiger partial charge in [0.1, 0.15) is 0 Å². The molecule has 4 heteroatoms. The van der Waals surface area contributed by atoms with E-state index in [1.165, 1.54) is 11.1 Å². The highest BCUT2D eigenvalue weighted by Gasteiger charge is 2.27. The van der Waals surface area contributed by atoms with Crippen molar-refractivity contribution in [3.63, 3.8) is 0 Å². The van der Waals surface area contributed by atoms with Crippen LogP contribution >= 0.6 is 0 Å². The number of nitrogens with one attached hydrogen (secondary N) is 1. The van der Waals surface area contributed by atoms with Crippen LogP contribution in [0.5, 0.6) is 0 Å². The van der Waals surface area contributed by atoms with Gasteiger partial charge in [0.25, 0.3) is 0 Å². The van der Waals surface area contributed by atoms with Gasteiger partial charge in [0.05, 0.1) is 0 Å². The Morgan fingerprint density at radius 1 is 1.15 bits per heavy atom. The Hall–Kier alpha value is -2.10. The average molecular weight is 357 g/mol. The van der Waals surface area contributed by atoms with Crippen molar-refractivity contribution in [2.75, 3.05) is 13.1 Å². The summed E-state index contributed by atoms with van der Waals surface area (Å²) in [5.41, 5.74) is 3.46. The summed E-state index contributed by atoms with van der Waals surface area (Å²) in [6, 6.07) is 6.40. The monoisotopic (exact) mass is 356 g/mol. The Morgan fingerprint density at radius 3 is 2.38 bits per heavy atom. The lowest BCUT2D eigenvalue weighted by Gasteiger charge is -2.31. The highest BCUT2D eigenvalue weighted by Crippen LogP contribution is 2.19. The molecule has 0 aliphatic carbocycles. The van der Waals surface area contributed by atoms with Crippen molar-refractivity contribution < 1.29 is 9.59 Å². The van der Waals surface area contributed by atoms with E-state index < -0.39 is 0 Å². The molecule has 0 aromatic heterocycles. The highest BCUT2D eigenvalue weighted by molar-refractivity contribution is 5.92. The highest BCUT2D eigenvalue weighted by atomic mass is 16.2. The predicted molar refractivity (Wildman–Crippen MR) is 107 cm³/mol. The minimum absolute atomic E-state index is 0.0172. The fourth-order valence-electron chi connectivity index (χ4n) is 3.15. The molecule has 1 heterocycles. The Balaban J connectivity index is 1.86. The molecule has 0 radical (unpaired) electrons. The SMILES string of the molecule is Cc1ccc(/C=C/C(=O)N2CCC(C(=O)NC(C)C(C)C)CC2)c(C)c1. The van der Waals surface area contributed by atoms with Gasteiger partial charge in [-0.2, -0.15) is 0 Å². The maximum absolute atomic E-state index is 12.4. The molecule has 1 fully saturated rings. The number of benzene rings is 1. The first kappa shape index (κ1) is 20.2. The predicted octanol–water partition coefficient (Wildman–Crippen LogP) is 3.72. The van der Waals surface area contributed by atoms with E-state index in [0.29, 0.717) is 19.0 Å². The average Bonchev–Trinajstić information content (AvgIpc) is 2.60. The number of aryl methyl sites for hydroxylation is 2. The van der Waals surface area contributed by atoms with Gasteiger partial charge < -0.3 is 10.2 Å². The summed E-state index contributed by atoms with van der Waals surface area (Å²) in [4.78, 5) is 26.6. The molecule has 1 atom stereocenters. The van der Waals surface area contributed by atoms with Crippen molar-refractivity contribution in [3.05, 3.63) is 41.0 Å². The Morgan fingerprint density at radius 2 is 1.81 bits per heavy atom. The van der Waals surface area contributed by atoms with Gasteiger partial charge in [-0.15, -0.1) is 0 Å². The van der Waals surface area contributed by atoms with Crippen LogP contribution in [0.25, 0.3) is 6.08 Å². The van der Waals surface area contributed by atoms with Crippen LogP contribution in [0.4, 0.5) is 0 Å². The number of rotatable bonds is 5. The van der Waals surface area contributed by atoms with Crippen LogP contribution in [0, 0.1) is 25.7 Å². The second-order valence-corrected chi connectivity index (χ2v) is 7.83. The van der Waals surface area contributed by atoms with E-state index in [-0.39, 0.29) is 23.8 Å². The van der Waals surface area contributed by atoms with Crippen LogP contribution in [0.3, 0.4) is 0 Å². The van der Waals surface area contributed by atoms with E-state index in [0.717, 1.165) is 18.4 Å². The largest absolute Gasteiger partial charge is 0.353 e. The van der Waals surface area contributed by atoms with Crippen molar-refractivity contribution in [2.24, 2.45) is 11.8 Å².